The van der Waals surface area contributed by atoms with E-state index in [1.54, 1.807) is 18.3 Å². The first-order valence-corrected chi connectivity index (χ1v) is 11.0. The number of piperidine rings is 1. The normalized spacial score (nSPS) is 20.8. The number of aryl methyl sites for hydroxylation is 1. The molecule has 1 fully saturated rings. The van der Waals surface area contributed by atoms with Crippen LogP contribution < -0.4 is 4.74 Å². The number of imidazole rings is 1. The predicted octanol–water partition coefficient (Wildman–Crippen LogP) is 4.14. The highest BCUT2D eigenvalue weighted by atomic mass is 19.1. The minimum atomic E-state index is -1.74. The summed E-state index contributed by atoms with van der Waals surface area (Å²) in [6.07, 6.45) is 6.99. The van der Waals surface area contributed by atoms with Crippen LogP contribution in [0.5, 0.6) is 5.75 Å². The molecule has 1 N–H and O–H groups in total. The Kier molecular flexibility index (Phi) is 5.57. The molecule has 1 aromatic heterocycles. The van der Waals surface area contributed by atoms with Crippen molar-refractivity contribution in [1.82, 2.24) is 14.5 Å². The van der Waals surface area contributed by atoms with E-state index in [1.807, 2.05) is 42.0 Å². The van der Waals surface area contributed by atoms with Gasteiger partial charge in [0.15, 0.2) is 5.84 Å². The minimum Gasteiger partial charge on any atom is -0.495 e. The molecular formula is C25H24F2N4O3. The number of benzene rings is 2. The third-order valence-electron chi connectivity index (χ3n) is 6.19. The minimum absolute atomic E-state index is 0.348. The Labute approximate surface area is 195 Å². The molecule has 0 bridgehead atoms. The van der Waals surface area contributed by atoms with Crippen molar-refractivity contribution in [2.45, 2.75) is 25.5 Å². The van der Waals surface area contributed by atoms with Gasteiger partial charge in [-0.05, 0) is 61.2 Å². The maximum atomic E-state index is 14.7. The van der Waals surface area contributed by atoms with E-state index in [4.69, 9.17) is 9.57 Å². The zero-order valence-electron chi connectivity index (χ0n) is 18.8. The van der Waals surface area contributed by atoms with Crippen LogP contribution in [0, 0.1) is 18.6 Å². The number of hydrogen-bond acceptors (Lipinski definition) is 6. The molecule has 0 spiro atoms. The second kappa shape index (κ2) is 8.57. The van der Waals surface area contributed by atoms with Crippen LogP contribution in [0.1, 0.15) is 29.7 Å². The van der Waals surface area contributed by atoms with Gasteiger partial charge in [0, 0.05) is 12.7 Å². The Bertz CT molecular complexity index is 1280. The molecule has 0 aliphatic carbocycles. The highest BCUT2D eigenvalue weighted by molar-refractivity contribution is 6.03. The van der Waals surface area contributed by atoms with Gasteiger partial charge in [-0.3, -0.25) is 0 Å². The fourth-order valence-corrected chi connectivity index (χ4v) is 4.58. The number of methoxy groups -OCH3 is 1. The van der Waals surface area contributed by atoms with E-state index in [0.29, 0.717) is 31.0 Å². The SMILES string of the molecule is COc1cc(C=C2CCCN3C2=NOC3(CO)c2c(F)cccc2F)ccc1-n1cnc(C)c1. The van der Waals surface area contributed by atoms with Gasteiger partial charge in [0.2, 0.25) is 0 Å². The second-order valence-electron chi connectivity index (χ2n) is 8.32. The lowest BCUT2D eigenvalue weighted by Crippen LogP contribution is -2.52. The molecule has 2 aromatic carbocycles. The van der Waals surface area contributed by atoms with Crippen LogP contribution in [0.3, 0.4) is 0 Å². The van der Waals surface area contributed by atoms with Gasteiger partial charge in [-0.25, -0.2) is 13.8 Å². The summed E-state index contributed by atoms with van der Waals surface area (Å²) in [5, 5.41) is 14.4. The number of hydrogen-bond donors (Lipinski definition) is 1. The summed E-state index contributed by atoms with van der Waals surface area (Å²) < 4.78 is 36.8. The second-order valence-corrected chi connectivity index (χ2v) is 8.32. The Balaban J connectivity index is 1.50. The highest BCUT2D eigenvalue weighted by Crippen LogP contribution is 2.42. The fourth-order valence-electron chi connectivity index (χ4n) is 4.58. The van der Waals surface area contributed by atoms with Crippen molar-refractivity contribution in [1.29, 1.82) is 0 Å². The molecule has 0 radical (unpaired) electrons. The van der Waals surface area contributed by atoms with E-state index >= 15 is 0 Å². The van der Waals surface area contributed by atoms with Crippen LogP contribution in [-0.2, 0) is 10.6 Å². The van der Waals surface area contributed by atoms with E-state index in [2.05, 4.69) is 10.1 Å². The summed E-state index contributed by atoms with van der Waals surface area (Å²) >= 11 is 0. The maximum absolute atomic E-state index is 14.7. The van der Waals surface area contributed by atoms with Crippen LogP contribution in [0.4, 0.5) is 8.78 Å². The molecule has 9 heteroatoms. The van der Waals surface area contributed by atoms with Gasteiger partial charge in [0.05, 0.1) is 30.4 Å². The summed E-state index contributed by atoms with van der Waals surface area (Å²) in [4.78, 5) is 11.5. The van der Waals surface area contributed by atoms with Gasteiger partial charge in [-0.15, -0.1) is 0 Å². The van der Waals surface area contributed by atoms with Gasteiger partial charge in [0.25, 0.3) is 5.72 Å². The van der Waals surface area contributed by atoms with Gasteiger partial charge >= 0.3 is 0 Å². The lowest BCUT2D eigenvalue weighted by molar-refractivity contribution is -0.141. The number of fused-ring (bicyclic) bond motifs is 1. The molecule has 1 atom stereocenters. The van der Waals surface area contributed by atoms with E-state index in [9.17, 15) is 13.9 Å². The first kappa shape index (κ1) is 22.1. The van der Waals surface area contributed by atoms with Gasteiger partial charge in [-0.2, -0.15) is 0 Å². The monoisotopic (exact) mass is 466 g/mol. The average molecular weight is 466 g/mol. The van der Waals surface area contributed by atoms with Crippen LogP contribution >= 0.6 is 0 Å². The molecule has 7 nitrogen and oxygen atoms in total. The number of rotatable bonds is 5. The molecule has 2 aliphatic rings. The summed E-state index contributed by atoms with van der Waals surface area (Å²) in [7, 11) is 1.61. The van der Waals surface area contributed by atoms with Gasteiger partial charge < -0.3 is 24.1 Å². The molecule has 0 saturated carbocycles. The van der Waals surface area contributed by atoms with Crippen molar-refractivity contribution in [2.24, 2.45) is 5.16 Å². The van der Waals surface area contributed by atoms with Crippen molar-refractivity contribution in [3.8, 4) is 11.4 Å². The molecule has 3 heterocycles. The Morgan fingerprint density at radius 3 is 2.71 bits per heavy atom. The summed E-state index contributed by atoms with van der Waals surface area (Å²) in [6.45, 7) is 1.70. The average Bonchev–Trinajstić information content (AvgIpc) is 3.44. The molecule has 2 aliphatic heterocycles. The lowest BCUT2D eigenvalue weighted by atomic mass is 9.94. The van der Waals surface area contributed by atoms with Crippen molar-refractivity contribution in [3.05, 3.63) is 83.0 Å². The number of ether oxygens (including phenoxy) is 1. The van der Waals surface area contributed by atoms with Gasteiger partial charge in [-0.1, -0.05) is 17.3 Å². The van der Waals surface area contributed by atoms with Crippen molar-refractivity contribution in [3.63, 3.8) is 0 Å². The topological polar surface area (TPSA) is 72.1 Å². The van der Waals surface area contributed by atoms with Crippen LogP contribution in [0.15, 0.2) is 59.7 Å². The fraction of sp³-hybridized carbons (Fsp3) is 0.280. The molecule has 5 rings (SSSR count). The number of nitrogens with zero attached hydrogens (tertiary/aromatic N) is 4. The Hall–Kier alpha value is -3.72. The predicted molar refractivity (Wildman–Crippen MR) is 122 cm³/mol. The zero-order valence-corrected chi connectivity index (χ0v) is 18.8. The third-order valence-corrected chi connectivity index (χ3v) is 6.19. The van der Waals surface area contributed by atoms with Crippen molar-refractivity contribution >= 4 is 11.9 Å². The molecular weight excluding hydrogens is 442 g/mol. The number of aliphatic hydroxyl groups excluding tert-OH is 1. The Morgan fingerprint density at radius 2 is 2.03 bits per heavy atom. The standard InChI is InChI=1S/C25H24F2N4O3/c1-16-13-30(15-28-16)21-9-8-17(12-22(21)33-2)11-18-5-4-10-31-24(18)29-34-25(31,14-32)23-19(26)6-3-7-20(23)27/h3,6-9,11-13,15,32H,4-5,10,14H2,1-2H3. The van der Waals surface area contributed by atoms with Crippen LogP contribution in [0.2, 0.25) is 0 Å². The largest absolute Gasteiger partial charge is 0.495 e. The lowest BCUT2D eigenvalue weighted by Gasteiger charge is -2.39. The summed E-state index contributed by atoms with van der Waals surface area (Å²) in [5.41, 5.74) is 1.37. The van der Waals surface area contributed by atoms with E-state index in [0.717, 1.165) is 34.7 Å². The maximum Gasteiger partial charge on any atom is 0.266 e. The number of aromatic nitrogens is 2. The number of amidine groups is 1. The molecule has 0 amide bonds. The van der Waals surface area contributed by atoms with E-state index in [-0.39, 0.29) is 5.56 Å². The zero-order chi connectivity index (χ0) is 23.9. The Morgan fingerprint density at radius 1 is 1.24 bits per heavy atom. The number of oxime groups is 1. The molecule has 1 saturated heterocycles. The molecule has 3 aromatic rings. The van der Waals surface area contributed by atoms with Crippen molar-refractivity contribution in [2.75, 3.05) is 20.3 Å². The van der Waals surface area contributed by atoms with E-state index in [1.165, 1.54) is 6.07 Å². The van der Waals surface area contributed by atoms with Crippen LogP contribution in [-0.4, -0.2) is 45.7 Å². The van der Waals surface area contributed by atoms with Crippen LogP contribution in [0.25, 0.3) is 11.8 Å². The third kappa shape index (κ3) is 3.52. The summed E-state index contributed by atoms with van der Waals surface area (Å²) in [5.74, 6) is -0.466. The first-order chi connectivity index (χ1) is 16.5. The van der Waals surface area contributed by atoms with E-state index < -0.39 is 24.0 Å². The quantitative estimate of drug-likeness (QED) is 0.612. The number of aliphatic hydroxyl groups is 1. The van der Waals surface area contributed by atoms with Crippen molar-refractivity contribution < 1.29 is 23.5 Å². The van der Waals surface area contributed by atoms with Gasteiger partial charge in [0.1, 0.15) is 24.0 Å². The highest BCUT2D eigenvalue weighted by Gasteiger charge is 2.52. The number of halogens is 2. The molecule has 176 valence electrons. The molecule has 1 unspecified atom stereocenters. The first-order valence-electron chi connectivity index (χ1n) is 11.0. The summed E-state index contributed by atoms with van der Waals surface area (Å²) in [6, 6.07) is 9.36. The molecule has 34 heavy (non-hydrogen) atoms. The smallest absolute Gasteiger partial charge is 0.266 e.